The van der Waals surface area contributed by atoms with E-state index in [4.69, 9.17) is 10.5 Å². The van der Waals surface area contributed by atoms with Gasteiger partial charge in [-0.05, 0) is 38.0 Å². The van der Waals surface area contributed by atoms with Crippen LogP contribution in [-0.4, -0.2) is 16.4 Å². The summed E-state index contributed by atoms with van der Waals surface area (Å²) in [6, 6.07) is 4.83. The van der Waals surface area contributed by atoms with E-state index in [-0.39, 0.29) is 18.4 Å². The number of nitrogens with two attached hydrogens (primary N) is 1. The molecule has 0 amide bonds. The number of halogens is 1. The van der Waals surface area contributed by atoms with Gasteiger partial charge in [-0.3, -0.25) is 0 Å². The predicted octanol–water partition coefficient (Wildman–Crippen LogP) is 1.99. The van der Waals surface area contributed by atoms with Gasteiger partial charge in [0.25, 0.3) is 0 Å². The smallest absolute Gasteiger partial charge is 0.165 e. The molecule has 1 aromatic heterocycles. The summed E-state index contributed by atoms with van der Waals surface area (Å²) < 4.78 is 23.7. The summed E-state index contributed by atoms with van der Waals surface area (Å²) in [7, 11) is 0. The molecular weight excluding hydrogens is 249 g/mol. The minimum Gasteiger partial charge on any atom is -0.484 e. The van der Waals surface area contributed by atoms with E-state index in [0.717, 1.165) is 5.56 Å². The molecule has 0 aliphatic rings. The van der Waals surface area contributed by atoms with Crippen LogP contribution in [0.3, 0.4) is 0 Å². The molecule has 0 spiro atoms. The average molecular weight is 265 g/mol. The van der Waals surface area contributed by atoms with Gasteiger partial charge in [-0.1, -0.05) is 16.4 Å². The number of ether oxygens (including phenoxy) is 1. The first-order valence-electron chi connectivity index (χ1n) is 6.01. The Morgan fingerprint density at radius 3 is 2.79 bits per heavy atom. The molecule has 1 unspecified atom stereocenters. The zero-order valence-corrected chi connectivity index (χ0v) is 10.9. The van der Waals surface area contributed by atoms with E-state index in [1.807, 2.05) is 6.92 Å². The van der Waals surface area contributed by atoms with E-state index in [2.05, 4.69) is 14.9 Å². The summed E-state index contributed by atoms with van der Waals surface area (Å²) in [6.45, 7) is 3.75. The summed E-state index contributed by atoms with van der Waals surface area (Å²) in [5, 5.41) is 7.29. The minimum atomic E-state index is -0.410. The first kappa shape index (κ1) is 13.5. The van der Waals surface area contributed by atoms with Crippen LogP contribution >= 0.6 is 0 Å². The van der Waals surface area contributed by atoms with Crippen LogP contribution in [0.5, 0.6) is 5.75 Å². The van der Waals surface area contributed by atoms with Crippen molar-refractivity contribution in [1.82, 2.24) is 10.3 Å². The molecular formula is C13H16FN3O2. The van der Waals surface area contributed by atoms with Crippen molar-refractivity contribution in [3.63, 3.8) is 0 Å². The van der Waals surface area contributed by atoms with Crippen molar-refractivity contribution in [2.45, 2.75) is 32.9 Å². The largest absolute Gasteiger partial charge is 0.484 e. The van der Waals surface area contributed by atoms with E-state index in [1.54, 1.807) is 19.1 Å². The van der Waals surface area contributed by atoms with Crippen LogP contribution in [-0.2, 0) is 13.0 Å². The maximum absolute atomic E-state index is 13.8. The van der Waals surface area contributed by atoms with Crippen LogP contribution in [0.2, 0.25) is 0 Å². The second kappa shape index (κ2) is 5.79. The number of nitrogens with zero attached hydrogens (tertiary/aromatic N) is 2. The van der Waals surface area contributed by atoms with Crippen LogP contribution in [0, 0.1) is 12.7 Å². The topological polar surface area (TPSA) is 74.2 Å². The summed E-state index contributed by atoms with van der Waals surface area (Å²) in [4.78, 5) is 0. The molecule has 1 atom stereocenters. The van der Waals surface area contributed by atoms with E-state index in [1.165, 1.54) is 6.07 Å². The molecule has 2 aromatic rings. The Kier molecular flexibility index (Phi) is 4.11. The fourth-order valence-corrected chi connectivity index (χ4v) is 1.69. The highest BCUT2D eigenvalue weighted by atomic mass is 19.1. The molecule has 0 fully saturated rings. The Hall–Kier alpha value is -1.95. The lowest BCUT2D eigenvalue weighted by atomic mass is 10.1. The van der Waals surface area contributed by atoms with Crippen LogP contribution in [0.15, 0.2) is 22.8 Å². The molecule has 0 aliphatic heterocycles. The van der Waals surface area contributed by atoms with Gasteiger partial charge in [0.15, 0.2) is 11.6 Å². The number of aryl methyl sites for hydroxylation is 1. The Morgan fingerprint density at radius 1 is 1.42 bits per heavy atom. The van der Waals surface area contributed by atoms with E-state index >= 15 is 0 Å². The van der Waals surface area contributed by atoms with E-state index in [0.29, 0.717) is 17.8 Å². The Balaban J connectivity index is 2.03. The van der Waals surface area contributed by atoms with Crippen molar-refractivity contribution in [3.8, 4) is 5.75 Å². The second-order valence-electron chi connectivity index (χ2n) is 4.53. The lowest BCUT2D eigenvalue weighted by molar-refractivity contribution is 0.262. The van der Waals surface area contributed by atoms with Gasteiger partial charge in [-0.15, -0.1) is 0 Å². The maximum Gasteiger partial charge on any atom is 0.165 e. The average Bonchev–Trinajstić information content (AvgIpc) is 2.73. The molecule has 6 heteroatoms. The van der Waals surface area contributed by atoms with Crippen molar-refractivity contribution < 1.29 is 13.8 Å². The molecule has 5 nitrogen and oxygen atoms in total. The minimum absolute atomic E-state index is 0.00461. The van der Waals surface area contributed by atoms with Gasteiger partial charge in [0.1, 0.15) is 18.0 Å². The Bertz CT molecular complexity index is 555. The highest BCUT2D eigenvalue weighted by Crippen LogP contribution is 2.20. The van der Waals surface area contributed by atoms with Gasteiger partial charge in [0, 0.05) is 6.04 Å². The van der Waals surface area contributed by atoms with E-state index in [9.17, 15) is 4.39 Å². The van der Waals surface area contributed by atoms with Gasteiger partial charge in [-0.25, -0.2) is 9.02 Å². The normalized spacial score (nSPS) is 12.4. The van der Waals surface area contributed by atoms with Crippen molar-refractivity contribution in [2.75, 3.05) is 0 Å². The molecule has 2 rings (SSSR count). The van der Waals surface area contributed by atoms with Crippen molar-refractivity contribution in [2.24, 2.45) is 5.73 Å². The maximum atomic E-state index is 13.8. The fraction of sp³-hybridized carbons (Fsp3) is 0.385. The molecule has 0 bridgehead atoms. The number of hydrogen-bond acceptors (Lipinski definition) is 5. The molecule has 1 aromatic carbocycles. The molecule has 0 saturated carbocycles. The second-order valence-corrected chi connectivity index (χ2v) is 4.53. The Labute approximate surface area is 110 Å². The predicted molar refractivity (Wildman–Crippen MR) is 67.1 cm³/mol. The van der Waals surface area contributed by atoms with Gasteiger partial charge in [0.05, 0.1) is 0 Å². The van der Waals surface area contributed by atoms with Gasteiger partial charge in [0.2, 0.25) is 0 Å². The summed E-state index contributed by atoms with van der Waals surface area (Å²) >= 11 is 0. The molecule has 2 N–H and O–H groups in total. The third kappa shape index (κ3) is 3.51. The number of rotatable bonds is 5. The summed E-state index contributed by atoms with van der Waals surface area (Å²) in [5.74, 6) is -0.233. The lowest BCUT2D eigenvalue weighted by Gasteiger charge is -2.09. The lowest BCUT2D eigenvalue weighted by Crippen LogP contribution is -2.17. The molecule has 0 saturated heterocycles. The van der Waals surface area contributed by atoms with Crippen LogP contribution in [0.1, 0.15) is 23.9 Å². The van der Waals surface area contributed by atoms with Crippen molar-refractivity contribution in [1.29, 1.82) is 0 Å². The number of aromatic nitrogens is 2. The van der Waals surface area contributed by atoms with Crippen LogP contribution < -0.4 is 10.5 Å². The quantitative estimate of drug-likeness (QED) is 0.894. The SMILES string of the molecule is Cc1nonc1COc1ccc(CC(C)N)cc1F. The highest BCUT2D eigenvalue weighted by molar-refractivity contribution is 5.30. The van der Waals surface area contributed by atoms with Gasteiger partial charge >= 0.3 is 0 Å². The first-order valence-corrected chi connectivity index (χ1v) is 6.01. The zero-order valence-electron chi connectivity index (χ0n) is 10.9. The van der Waals surface area contributed by atoms with Crippen LogP contribution in [0.4, 0.5) is 4.39 Å². The first-order chi connectivity index (χ1) is 9.06. The monoisotopic (exact) mass is 265 g/mol. The molecule has 0 aliphatic carbocycles. The fourth-order valence-electron chi connectivity index (χ4n) is 1.69. The number of hydrogen-bond donors (Lipinski definition) is 1. The van der Waals surface area contributed by atoms with E-state index < -0.39 is 5.82 Å². The third-order valence-corrected chi connectivity index (χ3v) is 2.66. The van der Waals surface area contributed by atoms with Crippen LogP contribution in [0.25, 0.3) is 0 Å². The van der Waals surface area contributed by atoms with Crippen molar-refractivity contribution in [3.05, 3.63) is 41.0 Å². The van der Waals surface area contributed by atoms with Gasteiger partial charge in [-0.2, -0.15) is 0 Å². The zero-order chi connectivity index (χ0) is 13.8. The Morgan fingerprint density at radius 2 is 2.21 bits per heavy atom. The highest BCUT2D eigenvalue weighted by Gasteiger charge is 2.09. The third-order valence-electron chi connectivity index (χ3n) is 2.66. The molecule has 0 radical (unpaired) electrons. The molecule has 1 heterocycles. The molecule has 19 heavy (non-hydrogen) atoms. The van der Waals surface area contributed by atoms with Gasteiger partial charge < -0.3 is 10.5 Å². The standard InChI is InChI=1S/C13H16FN3O2/c1-8(15)5-10-3-4-13(11(14)6-10)18-7-12-9(2)16-19-17-12/h3-4,6,8H,5,7,15H2,1-2H3. The number of benzene rings is 1. The molecule has 102 valence electrons. The summed E-state index contributed by atoms with van der Waals surface area (Å²) in [6.07, 6.45) is 0.628. The van der Waals surface area contributed by atoms with Crippen molar-refractivity contribution >= 4 is 0 Å². The summed E-state index contributed by atoms with van der Waals surface area (Å²) in [5.41, 5.74) is 7.71.